The second-order valence-corrected chi connectivity index (χ2v) is 2.08. The van der Waals surface area contributed by atoms with Crippen LogP contribution in [0.1, 0.15) is 18.6 Å². The van der Waals surface area contributed by atoms with Crippen molar-refractivity contribution in [2.24, 2.45) is 0 Å². The zero-order chi connectivity index (χ0) is 7.40. The summed E-state index contributed by atoms with van der Waals surface area (Å²) in [6.45, 7) is 2.79. The first kappa shape index (κ1) is 7.21. The molecule has 1 aromatic heterocycles. The molecule has 10 heavy (non-hydrogen) atoms. The summed E-state index contributed by atoms with van der Waals surface area (Å²) in [6, 6.07) is 0. The van der Waals surface area contributed by atoms with Gasteiger partial charge in [0.1, 0.15) is 11.6 Å². The number of rotatable bonds is 3. The molecule has 0 saturated heterocycles. The van der Waals surface area contributed by atoms with Crippen LogP contribution in [0.25, 0.3) is 0 Å². The largest absolute Gasteiger partial charge is 0.313 e. The van der Waals surface area contributed by atoms with E-state index in [9.17, 15) is 0 Å². The number of nitrogens with zero attached hydrogens (tertiary/aromatic N) is 2. The molecular formula is C6H12N4. The molecule has 0 aliphatic carbocycles. The highest BCUT2D eigenvalue weighted by atomic mass is 15.2. The first-order valence-corrected chi connectivity index (χ1v) is 3.41. The highest BCUT2D eigenvalue weighted by Gasteiger charge is 1.97. The van der Waals surface area contributed by atoms with Crippen LogP contribution in [0.15, 0.2) is 0 Å². The quantitative estimate of drug-likeness (QED) is 0.625. The second-order valence-electron chi connectivity index (χ2n) is 2.08. The fraction of sp³-hybridized carbons (Fsp3) is 0.667. The maximum atomic E-state index is 4.19. The fourth-order valence-corrected chi connectivity index (χ4v) is 0.739. The van der Waals surface area contributed by atoms with E-state index in [0.29, 0.717) is 0 Å². The molecule has 0 unspecified atom stereocenters. The van der Waals surface area contributed by atoms with E-state index in [1.54, 1.807) is 0 Å². The van der Waals surface area contributed by atoms with E-state index >= 15 is 0 Å². The van der Waals surface area contributed by atoms with E-state index in [-0.39, 0.29) is 0 Å². The molecule has 4 nitrogen and oxygen atoms in total. The van der Waals surface area contributed by atoms with Crippen LogP contribution in [0.2, 0.25) is 0 Å². The molecule has 0 aromatic carbocycles. The summed E-state index contributed by atoms with van der Waals surface area (Å²) < 4.78 is 0. The molecule has 1 aromatic rings. The summed E-state index contributed by atoms with van der Waals surface area (Å²) in [5.74, 6) is 1.78. The number of hydrogen-bond donors (Lipinski definition) is 2. The minimum absolute atomic E-state index is 0.757. The van der Waals surface area contributed by atoms with Crippen LogP contribution < -0.4 is 5.32 Å². The predicted octanol–water partition coefficient (Wildman–Crippen LogP) is 0.0865. The van der Waals surface area contributed by atoms with Crippen LogP contribution in [-0.2, 0) is 13.0 Å². The molecule has 0 atom stereocenters. The van der Waals surface area contributed by atoms with Crippen molar-refractivity contribution in [1.82, 2.24) is 20.5 Å². The summed E-state index contributed by atoms with van der Waals surface area (Å²) >= 11 is 0. The lowest BCUT2D eigenvalue weighted by Gasteiger charge is -1.88. The van der Waals surface area contributed by atoms with Crippen molar-refractivity contribution in [3.8, 4) is 0 Å². The van der Waals surface area contributed by atoms with E-state index in [0.717, 1.165) is 24.6 Å². The summed E-state index contributed by atoms with van der Waals surface area (Å²) in [4.78, 5) is 4.19. The topological polar surface area (TPSA) is 53.6 Å². The molecule has 0 amide bonds. The zero-order valence-electron chi connectivity index (χ0n) is 6.31. The maximum Gasteiger partial charge on any atom is 0.150 e. The SMILES string of the molecule is CCc1n[nH]c(CNC)n1. The Morgan fingerprint density at radius 2 is 2.40 bits per heavy atom. The Morgan fingerprint density at radius 3 is 2.90 bits per heavy atom. The van der Waals surface area contributed by atoms with E-state index in [2.05, 4.69) is 20.5 Å². The Hall–Kier alpha value is -0.900. The van der Waals surface area contributed by atoms with Gasteiger partial charge < -0.3 is 5.32 Å². The summed E-state index contributed by atoms with van der Waals surface area (Å²) in [7, 11) is 1.88. The lowest BCUT2D eigenvalue weighted by Crippen LogP contribution is -2.06. The Bertz CT molecular complexity index is 193. The van der Waals surface area contributed by atoms with E-state index in [1.807, 2.05) is 14.0 Å². The standard InChI is InChI=1S/C6H12N4/c1-3-5-8-6(4-7-2)10-9-5/h7H,3-4H2,1-2H3,(H,8,9,10). The van der Waals surface area contributed by atoms with Crippen LogP contribution in [0, 0.1) is 0 Å². The smallest absolute Gasteiger partial charge is 0.150 e. The summed E-state index contributed by atoms with van der Waals surface area (Å²) in [6.07, 6.45) is 0.889. The lowest BCUT2D eigenvalue weighted by molar-refractivity contribution is 0.762. The van der Waals surface area contributed by atoms with Crippen molar-refractivity contribution in [3.63, 3.8) is 0 Å². The van der Waals surface area contributed by atoms with Crippen molar-refractivity contribution in [3.05, 3.63) is 11.6 Å². The van der Waals surface area contributed by atoms with Crippen LogP contribution >= 0.6 is 0 Å². The lowest BCUT2D eigenvalue weighted by atomic mass is 10.5. The fourth-order valence-electron chi connectivity index (χ4n) is 0.739. The second kappa shape index (κ2) is 3.31. The number of aryl methyl sites for hydroxylation is 1. The minimum atomic E-state index is 0.757. The van der Waals surface area contributed by atoms with Crippen molar-refractivity contribution in [1.29, 1.82) is 0 Å². The van der Waals surface area contributed by atoms with Crippen LogP contribution in [-0.4, -0.2) is 22.2 Å². The van der Waals surface area contributed by atoms with E-state index in [4.69, 9.17) is 0 Å². The molecule has 56 valence electrons. The van der Waals surface area contributed by atoms with Crippen LogP contribution in [0.3, 0.4) is 0 Å². The van der Waals surface area contributed by atoms with Crippen molar-refractivity contribution < 1.29 is 0 Å². The predicted molar refractivity (Wildman–Crippen MR) is 38.5 cm³/mol. The van der Waals surface area contributed by atoms with Gasteiger partial charge in [-0.05, 0) is 7.05 Å². The van der Waals surface area contributed by atoms with Gasteiger partial charge in [0.05, 0.1) is 6.54 Å². The molecule has 0 bridgehead atoms. The van der Waals surface area contributed by atoms with Gasteiger partial charge in [0, 0.05) is 6.42 Å². The van der Waals surface area contributed by atoms with Crippen molar-refractivity contribution in [2.75, 3.05) is 7.05 Å². The highest BCUT2D eigenvalue weighted by Crippen LogP contribution is 1.91. The molecule has 0 aliphatic heterocycles. The van der Waals surface area contributed by atoms with Crippen molar-refractivity contribution >= 4 is 0 Å². The number of aromatic amines is 1. The van der Waals surface area contributed by atoms with E-state index in [1.165, 1.54) is 0 Å². The third kappa shape index (κ3) is 1.54. The molecule has 0 aliphatic rings. The Balaban J connectivity index is 2.59. The zero-order valence-corrected chi connectivity index (χ0v) is 6.31. The van der Waals surface area contributed by atoms with Gasteiger partial charge in [-0.25, -0.2) is 4.98 Å². The first-order valence-electron chi connectivity index (χ1n) is 3.41. The molecule has 0 saturated carbocycles. The Morgan fingerprint density at radius 1 is 1.60 bits per heavy atom. The Labute approximate surface area is 60.1 Å². The normalized spacial score (nSPS) is 10.2. The van der Waals surface area contributed by atoms with Gasteiger partial charge in [0.2, 0.25) is 0 Å². The first-order chi connectivity index (χ1) is 4.86. The third-order valence-electron chi connectivity index (χ3n) is 1.24. The highest BCUT2D eigenvalue weighted by molar-refractivity contribution is 4.88. The van der Waals surface area contributed by atoms with Gasteiger partial charge in [0.15, 0.2) is 0 Å². The van der Waals surface area contributed by atoms with Crippen LogP contribution in [0.5, 0.6) is 0 Å². The maximum absolute atomic E-state index is 4.19. The van der Waals surface area contributed by atoms with Gasteiger partial charge >= 0.3 is 0 Å². The third-order valence-corrected chi connectivity index (χ3v) is 1.24. The summed E-state index contributed by atoms with van der Waals surface area (Å²) in [5.41, 5.74) is 0. The van der Waals surface area contributed by atoms with Gasteiger partial charge in [-0.1, -0.05) is 6.92 Å². The molecular weight excluding hydrogens is 128 g/mol. The molecule has 0 fully saturated rings. The molecule has 2 N–H and O–H groups in total. The molecule has 1 heterocycles. The molecule has 4 heteroatoms. The number of hydrogen-bond acceptors (Lipinski definition) is 3. The minimum Gasteiger partial charge on any atom is -0.313 e. The monoisotopic (exact) mass is 140 g/mol. The number of aromatic nitrogens is 3. The molecule has 0 spiro atoms. The van der Waals surface area contributed by atoms with Gasteiger partial charge in [-0.2, -0.15) is 5.10 Å². The average molecular weight is 140 g/mol. The van der Waals surface area contributed by atoms with E-state index < -0.39 is 0 Å². The van der Waals surface area contributed by atoms with Crippen LogP contribution in [0.4, 0.5) is 0 Å². The average Bonchev–Trinajstić information content (AvgIpc) is 2.37. The Kier molecular flexibility index (Phi) is 2.39. The number of H-pyrrole nitrogens is 1. The molecule has 0 radical (unpaired) electrons. The van der Waals surface area contributed by atoms with Gasteiger partial charge in [-0.3, -0.25) is 5.10 Å². The van der Waals surface area contributed by atoms with Gasteiger partial charge in [0.25, 0.3) is 0 Å². The number of nitrogens with one attached hydrogen (secondary N) is 2. The summed E-state index contributed by atoms with van der Waals surface area (Å²) in [5, 5.41) is 9.80. The van der Waals surface area contributed by atoms with Crippen molar-refractivity contribution in [2.45, 2.75) is 19.9 Å². The van der Waals surface area contributed by atoms with Gasteiger partial charge in [-0.15, -0.1) is 0 Å². The molecule has 1 rings (SSSR count).